The lowest BCUT2D eigenvalue weighted by atomic mass is 10.2. The molecule has 0 spiro atoms. The van der Waals surface area contributed by atoms with Gasteiger partial charge in [0.2, 0.25) is 0 Å². The van der Waals surface area contributed by atoms with Gasteiger partial charge in [0.25, 0.3) is 0 Å². The molecule has 0 radical (unpaired) electrons. The molecule has 1 aliphatic heterocycles. The second-order valence-electron chi connectivity index (χ2n) is 3.96. The molecule has 0 bridgehead atoms. The normalized spacial score (nSPS) is 20.9. The highest BCUT2D eigenvalue weighted by Gasteiger charge is 2.15. The Hall–Kier alpha value is -1.48. The van der Waals surface area contributed by atoms with Gasteiger partial charge in [-0.3, -0.25) is 0 Å². The van der Waals surface area contributed by atoms with Crippen LogP contribution in [0.2, 0.25) is 0 Å². The number of H-pyrrole nitrogens is 1. The van der Waals surface area contributed by atoms with Gasteiger partial charge in [0.1, 0.15) is 11.9 Å². The zero-order chi connectivity index (χ0) is 10.1. The maximum Gasteiger partial charge on any atom is 0.120 e. The Balaban J connectivity index is 1.84. The Morgan fingerprint density at radius 1 is 1.27 bits per heavy atom. The highest BCUT2D eigenvalue weighted by Crippen LogP contribution is 2.21. The summed E-state index contributed by atoms with van der Waals surface area (Å²) in [4.78, 5) is 3.17. The molecule has 1 unspecified atom stereocenters. The fourth-order valence-electron chi connectivity index (χ4n) is 2.03. The van der Waals surface area contributed by atoms with Crippen molar-refractivity contribution in [1.82, 2.24) is 10.3 Å². The second-order valence-corrected chi connectivity index (χ2v) is 3.96. The summed E-state index contributed by atoms with van der Waals surface area (Å²) in [6.07, 6.45) is 3.39. The lowest BCUT2D eigenvalue weighted by molar-refractivity contribution is 0.223. The van der Waals surface area contributed by atoms with Crippen molar-refractivity contribution in [3.63, 3.8) is 0 Å². The molecule has 1 saturated heterocycles. The maximum absolute atomic E-state index is 5.88. The molecule has 2 heterocycles. The molecule has 1 atom stereocenters. The molecule has 0 amide bonds. The topological polar surface area (TPSA) is 37.0 Å². The van der Waals surface area contributed by atoms with E-state index in [-0.39, 0.29) is 0 Å². The molecule has 2 N–H and O–H groups in total. The fourth-order valence-corrected chi connectivity index (χ4v) is 2.03. The van der Waals surface area contributed by atoms with E-state index >= 15 is 0 Å². The third-order valence-corrected chi connectivity index (χ3v) is 2.84. The molecule has 0 aliphatic carbocycles. The van der Waals surface area contributed by atoms with Gasteiger partial charge in [0.15, 0.2) is 0 Å². The Bertz CT molecular complexity index is 457. The third kappa shape index (κ3) is 1.70. The van der Waals surface area contributed by atoms with Crippen LogP contribution in [0.5, 0.6) is 5.75 Å². The first-order valence-electron chi connectivity index (χ1n) is 5.36. The van der Waals surface area contributed by atoms with Crippen molar-refractivity contribution in [3.8, 4) is 5.75 Å². The van der Waals surface area contributed by atoms with Crippen LogP contribution in [0.1, 0.15) is 6.42 Å². The predicted molar refractivity (Wildman–Crippen MR) is 60.2 cm³/mol. The molecule has 1 fully saturated rings. The molecular formula is C12H14N2O. The van der Waals surface area contributed by atoms with Gasteiger partial charge in [-0.2, -0.15) is 0 Å². The molecule has 3 heteroatoms. The first-order valence-corrected chi connectivity index (χ1v) is 5.36. The van der Waals surface area contributed by atoms with Crippen molar-refractivity contribution in [2.75, 3.05) is 13.1 Å². The van der Waals surface area contributed by atoms with E-state index in [1.54, 1.807) is 0 Å². The van der Waals surface area contributed by atoms with Crippen molar-refractivity contribution < 1.29 is 4.74 Å². The minimum atomic E-state index is 0.335. The Kier molecular flexibility index (Phi) is 2.10. The van der Waals surface area contributed by atoms with Gasteiger partial charge in [0.05, 0.1) is 0 Å². The van der Waals surface area contributed by atoms with Gasteiger partial charge in [-0.25, -0.2) is 0 Å². The number of aromatic amines is 1. The molecule has 1 aromatic heterocycles. The Morgan fingerprint density at radius 3 is 3.13 bits per heavy atom. The summed E-state index contributed by atoms with van der Waals surface area (Å²) in [7, 11) is 0. The van der Waals surface area contributed by atoms with Crippen LogP contribution in [0, 0.1) is 0 Å². The summed E-state index contributed by atoms with van der Waals surface area (Å²) in [5.74, 6) is 0.968. The Morgan fingerprint density at radius 2 is 2.27 bits per heavy atom. The molecule has 1 aromatic carbocycles. The average Bonchev–Trinajstić information content (AvgIpc) is 2.87. The van der Waals surface area contributed by atoms with E-state index in [9.17, 15) is 0 Å². The number of ether oxygens (including phenoxy) is 1. The van der Waals surface area contributed by atoms with Crippen LogP contribution in [-0.4, -0.2) is 24.2 Å². The van der Waals surface area contributed by atoms with Crippen LogP contribution >= 0.6 is 0 Å². The van der Waals surface area contributed by atoms with E-state index in [2.05, 4.69) is 28.5 Å². The average molecular weight is 202 g/mol. The van der Waals surface area contributed by atoms with Crippen molar-refractivity contribution in [1.29, 1.82) is 0 Å². The van der Waals surface area contributed by atoms with Crippen molar-refractivity contribution in [3.05, 3.63) is 30.5 Å². The minimum absolute atomic E-state index is 0.335. The summed E-state index contributed by atoms with van der Waals surface area (Å²) >= 11 is 0. The second kappa shape index (κ2) is 3.59. The van der Waals surface area contributed by atoms with Crippen LogP contribution in [0.4, 0.5) is 0 Å². The standard InChI is InChI=1S/C12H14N2O/c1-2-12-9(3-6-14-12)7-10(1)15-11-4-5-13-8-11/h1-3,6-7,11,13-14H,4-5,8H2. The summed E-state index contributed by atoms with van der Waals surface area (Å²) in [6, 6.07) is 8.24. The molecule has 3 nitrogen and oxygen atoms in total. The van der Waals surface area contributed by atoms with Crippen LogP contribution in [-0.2, 0) is 0 Å². The van der Waals surface area contributed by atoms with Gasteiger partial charge >= 0.3 is 0 Å². The van der Waals surface area contributed by atoms with Gasteiger partial charge in [-0.05, 0) is 37.2 Å². The van der Waals surface area contributed by atoms with Crippen LogP contribution in [0.15, 0.2) is 30.5 Å². The third-order valence-electron chi connectivity index (χ3n) is 2.84. The van der Waals surface area contributed by atoms with E-state index in [4.69, 9.17) is 4.74 Å². The lowest BCUT2D eigenvalue weighted by Crippen LogP contribution is -2.19. The van der Waals surface area contributed by atoms with Gasteiger partial charge in [-0.1, -0.05) is 0 Å². The zero-order valence-electron chi connectivity index (χ0n) is 8.49. The SMILES string of the molecule is c1cc2cc(OC3CCNC3)ccc2[nH]1. The number of benzene rings is 1. The summed E-state index contributed by atoms with van der Waals surface area (Å²) in [6.45, 7) is 2.03. The quantitative estimate of drug-likeness (QED) is 0.780. The van der Waals surface area contributed by atoms with Gasteiger partial charge in [-0.15, -0.1) is 0 Å². The summed E-state index contributed by atoms with van der Waals surface area (Å²) in [5, 5.41) is 4.50. The fraction of sp³-hybridized carbons (Fsp3) is 0.333. The smallest absolute Gasteiger partial charge is 0.120 e. The highest BCUT2D eigenvalue weighted by molar-refractivity contribution is 5.80. The number of hydrogen-bond donors (Lipinski definition) is 2. The summed E-state index contributed by atoms with van der Waals surface area (Å²) < 4.78 is 5.88. The minimum Gasteiger partial charge on any atom is -0.489 e. The van der Waals surface area contributed by atoms with Crippen molar-refractivity contribution >= 4 is 10.9 Å². The van der Waals surface area contributed by atoms with Crippen molar-refractivity contribution in [2.24, 2.45) is 0 Å². The monoisotopic (exact) mass is 202 g/mol. The summed E-state index contributed by atoms with van der Waals surface area (Å²) in [5.41, 5.74) is 1.16. The zero-order valence-corrected chi connectivity index (χ0v) is 8.49. The van der Waals surface area contributed by atoms with Crippen LogP contribution in [0.25, 0.3) is 10.9 Å². The predicted octanol–water partition coefficient (Wildman–Crippen LogP) is 1.91. The largest absolute Gasteiger partial charge is 0.489 e. The number of nitrogens with one attached hydrogen (secondary N) is 2. The van der Waals surface area contributed by atoms with Gasteiger partial charge in [0, 0.05) is 23.6 Å². The maximum atomic E-state index is 5.88. The number of rotatable bonds is 2. The van der Waals surface area contributed by atoms with Gasteiger partial charge < -0.3 is 15.0 Å². The van der Waals surface area contributed by atoms with E-state index in [1.165, 1.54) is 5.39 Å². The molecule has 1 aliphatic rings. The van der Waals surface area contributed by atoms with Crippen LogP contribution < -0.4 is 10.1 Å². The van der Waals surface area contributed by atoms with E-state index in [1.807, 2.05) is 12.3 Å². The molecule has 78 valence electrons. The molecular weight excluding hydrogens is 188 g/mol. The Labute approximate surface area is 88.4 Å². The number of aromatic nitrogens is 1. The lowest BCUT2D eigenvalue weighted by Gasteiger charge is -2.12. The number of hydrogen-bond acceptors (Lipinski definition) is 2. The molecule has 15 heavy (non-hydrogen) atoms. The van der Waals surface area contributed by atoms with E-state index in [0.29, 0.717) is 6.10 Å². The van der Waals surface area contributed by atoms with E-state index < -0.39 is 0 Å². The van der Waals surface area contributed by atoms with E-state index in [0.717, 1.165) is 30.8 Å². The van der Waals surface area contributed by atoms with Crippen LogP contribution in [0.3, 0.4) is 0 Å². The number of fused-ring (bicyclic) bond motifs is 1. The first-order chi connectivity index (χ1) is 7.42. The highest BCUT2D eigenvalue weighted by atomic mass is 16.5. The first kappa shape index (κ1) is 8.80. The molecule has 0 saturated carbocycles. The van der Waals surface area contributed by atoms with Crippen molar-refractivity contribution in [2.45, 2.75) is 12.5 Å². The molecule has 3 rings (SSSR count). The molecule has 2 aromatic rings.